The molecule has 0 spiro atoms. The van der Waals surface area contributed by atoms with E-state index in [1.807, 2.05) is 43.3 Å². The summed E-state index contributed by atoms with van der Waals surface area (Å²) in [6, 6.07) is 11.7. The minimum atomic E-state index is -0.187. The van der Waals surface area contributed by atoms with Crippen molar-refractivity contribution in [2.75, 3.05) is 23.3 Å². The van der Waals surface area contributed by atoms with Crippen molar-refractivity contribution in [1.82, 2.24) is 15.0 Å². The first-order valence-corrected chi connectivity index (χ1v) is 9.43. The molecule has 3 heterocycles. The lowest BCUT2D eigenvalue weighted by atomic mass is 10.2. The smallest absolute Gasteiger partial charge is 0.268 e. The van der Waals surface area contributed by atoms with Gasteiger partial charge in [0.25, 0.3) is 5.91 Å². The maximum atomic E-state index is 12.7. The molecule has 0 aliphatic carbocycles. The fourth-order valence-corrected chi connectivity index (χ4v) is 3.99. The van der Waals surface area contributed by atoms with Gasteiger partial charge in [0.05, 0.1) is 5.69 Å². The molecule has 1 amide bonds. The Morgan fingerprint density at radius 3 is 2.69 bits per heavy atom. The van der Waals surface area contributed by atoms with Gasteiger partial charge in [-0.3, -0.25) is 4.79 Å². The fourth-order valence-electron chi connectivity index (χ4n) is 3.02. The Morgan fingerprint density at radius 2 is 1.92 bits per heavy atom. The summed E-state index contributed by atoms with van der Waals surface area (Å²) < 4.78 is 0. The molecule has 0 radical (unpaired) electrons. The number of carbonyl (C=O) groups is 1. The van der Waals surface area contributed by atoms with E-state index < -0.39 is 0 Å². The average molecular weight is 365 g/mol. The summed E-state index contributed by atoms with van der Waals surface area (Å²) in [4.78, 5) is 28.6. The summed E-state index contributed by atoms with van der Waals surface area (Å²) in [6.07, 6.45) is 3.85. The Morgan fingerprint density at radius 1 is 1.15 bits per heavy atom. The molecule has 2 aromatic heterocycles. The van der Waals surface area contributed by atoms with Crippen LogP contribution >= 0.6 is 11.3 Å². The van der Waals surface area contributed by atoms with Crippen LogP contribution in [0.25, 0.3) is 10.6 Å². The van der Waals surface area contributed by atoms with E-state index in [1.165, 1.54) is 30.5 Å². The zero-order chi connectivity index (χ0) is 17.9. The van der Waals surface area contributed by atoms with Crippen molar-refractivity contribution in [1.29, 1.82) is 0 Å². The van der Waals surface area contributed by atoms with Crippen molar-refractivity contribution >= 4 is 28.9 Å². The van der Waals surface area contributed by atoms with Crippen LogP contribution in [0.3, 0.4) is 0 Å². The molecular weight excluding hydrogens is 346 g/mol. The molecule has 6 nitrogen and oxygen atoms in total. The number of amides is 1. The molecule has 0 saturated carbocycles. The largest absolute Gasteiger partial charge is 0.356 e. The molecule has 26 heavy (non-hydrogen) atoms. The highest BCUT2D eigenvalue weighted by Crippen LogP contribution is 2.28. The number of rotatable bonds is 4. The van der Waals surface area contributed by atoms with Gasteiger partial charge in [0.15, 0.2) is 0 Å². The summed E-state index contributed by atoms with van der Waals surface area (Å²) in [5, 5.41) is 3.72. The molecule has 1 aromatic carbocycles. The second-order valence-electron chi connectivity index (χ2n) is 6.21. The highest BCUT2D eigenvalue weighted by atomic mass is 32.1. The molecule has 0 bridgehead atoms. The molecule has 1 aliphatic heterocycles. The summed E-state index contributed by atoms with van der Waals surface area (Å²) in [7, 11) is 0. The molecule has 1 saturated heterocycles. The predicted molar refractivity (Wildman–Crippen MR) is 104 cm³/mol. The van der Waals surface area contributed by atoms with E-state index in [0.717, 1.165) is 35.2 Å². The van der Waals surface area contributed by atoms with Gasteiger partial charge in [0.2, 0.25) is 0 Å². The lowest BCUT2D eigenvalue weighted by Gasteiger charge is -2.16. The number of carbonyl (C=O) groups excluding carboxylic acids is 1. The Bertz CT molecular complexity index is 919. The van der Waals surface area contributed by atoms with Crippen molar-refractivity contribution in [3.63, 3.8) is 0 Å². The molecular formula is C19H19N5OS. The number of anilines is 2. The number of thiazole rings is 1. The quantitative estimate of drug-likeness (QED) is 0.762. The second-order valence-corrected chi connectivity index (χ2v) is 7.21. The number of hydrogen-bond donors (Lipinski definition) is 1. The van der Waals surface area contributed by atoms with Crippen molar-refractivity contribution in [3.05, 3.63) is 53.3 Å². The van der Waals surface area contributed by atoms with Gasteiger partial charge >= 0.3 is 0 Å². The van der Waals surface area contributed by atoms with Gasteiger partial charge in [-0.25, -0.2) is 15.0 Å². The first-order valence-electron chi connectivity index (χ1n) is 8.62. The molecule has 7 heteroatoms. The molecule has 3 aromatic rings. The number of aromatic nitrogens is 3. The van der Waals surface area contributed by atoms with Crippen LogP contribution in [-0.4, -0.2) is 33.9 Å². The van der Waals surface area contributed by atoms with Crippen LogP contribution in [0, 0.1) is 6.92 Å². The van der Waals surface area contributed by atoms with Crippen molar-refractivity contribution in [3.8, 4) is 10.6 Å². The Kier molecular flexibility index (Phi) is 4.62. The third-order valence-corrected chi connectivity index (χ3v) is 5.55. The van der Waals surface area contributed by atoms with Crippen LogP contribution in [-0.2, 0) is 0 Å². The monoisotopic (exact) mass is 365 g/mol. The maximum absolute atomic E-state index is 12.7. The molecule has 132 valence electrons. The molecule has 0 unspecified atom stereocenters. The van der Waals surface area contributed by atoms with E-state index >= 15 is 0 Å². The van der Waals surface area contributed by atoms with E-state index in [9.17, 15) is 4.79 Å². The average Bonchev–Trinajstić information content (AvgIpc) is 3.32. The molecule has 1 aliphatic rings. The number of benzene rings is 1. The zero-order valence-electron chi connectivity index (χ0n) is 14.5. The summed E-state index contributed by atoms with van der Waals surface area (Å²) in [5.41, 5.74) is 1.73. The first kappa shape index (κ1) is 16.7. The van der Waals surface area contributed by atoms with Gasteiger partial charge in [-0.15, -0.1) is 11.3 Å². The lowest BCUT2D eigenvalue weighted by Crippen LogP contribution is -2.20. The van der Waals surface area contributed by atoms with Gasteiger partial charge < -0.3 is 10.2 Å². The SMILES string of the molecule is Cc1nc(-c2ccccc2)sc1C(=O)Nc1cc(N2CCCC2)ncn1. The molecule has 0 atom stereocenters. The summed E-state index contributed by atoms with van der Waals surface area (Å²) in [5.74, 6) is 1.19. The van der Waals surface area contributed by atoms with E-state index in [2.05, 4.69) is 25.2 Å². The number of nitrogens with zero attached hydrogens (tertiary/aromatic N) is 4. The number of hydrogen-bond acceptors (Lipinski definition) is 6. The van der Waals surface area contributed by atoms with Crippen molar-refractivity contribution in [2.24, 2.45) is 0 Å². The van der Waals surface area contributed by atoms with Crippen molar-refractivity contribution < 1.29 is 4.79 Å². The van der Waals surface area contributed by atoms with Crippen LogP contribution in [0.1, 0.15) is 28.2 Å². The van der Waals surface area contributed by atoms with Crippen LogP contribution in [0.5, 0.6) is 0 Å². The molecule has 1 fully saturated rings. The highest BCUT2D eigenvalue weighted by Gasteiger charge is 2.18. The number of aryl methyl sites for hydroxylation is 1. The zero-order valence-corrected chi connectivity index (χ0v) is 15.3. The van der Waals surface area contributed by atoms with Gasteiger partial charge in [-0.2, -0.15) is 0 Å². The minimum Gasteiger partial charge on any atom is -0.356 e. The number of nitrogens with one attached hydrogen (secondary N) is 1. The van der Waals surface area contributed by atoms with Gasteiger partial charge in [0.1, 0.15) is 27.8 Å². The predicted octanol–water partition coefficient (Wildman–Crippen LogP) is 3.76. The Balaban J connectivity index is 1.53. The van der Waals surface area contributed by atoms with Crippen LogP contribution in [0.4, 0.5) is 11.6 Å². The first-order chi connectivity index (χ1) is 12.7. The van der Waals surface area contributed by atoms with Gasteiger partial charge in [-0.1, -0.05) is 30.3 Å². The normalized spacial score (nSPS) is 13.8. The minimum absolute atomic E-state index is 0.187. The fraction of sp³-hybridized carbons (Fsp3) is 0.263. The van der Waals surface area contributed by atoms with Crippen LogP contribution < -0.4 is 10.2 Å². The second kappa shape index (κ2) is 7.21. The topological polar surface area (TPSA) is 71.0 Å². The highest BCUT2D eigenvalue weighted by molar-refractivity contribution is 7.17. The molecule has 1 N–H and O–H groups in total. The van der Waals surface area contributed by atoms with Crippen LogP contribution in [0.15, 0.2) is 42.7 Å². The van der Waals surface area contributed by atoms with E-state index in [4.69, 9.17) is 0 Å². The standard InChI is InChI=1S/C19H19N5OS/c1-13-17(26-19(22-13)14-7-3-2-4-8-14)18(25)23-15-11-16(21-12-20-15)24-9-5-6-10-24/h2-4,7-8,11-12H,5-6,9-10H2,1H3,(H,20,21,23,25). The third-order valence-electron chi connectivity index (χ3n) is 4.35. The van der Waals surface area contributed by atoms with Crippen LogP contribution in [0.2, 0.25) is 0 Å². The van der Waals surface area contributed by atoms with Gasteiger partial charge in [0, 0.05) is 24.7 Å². The summed E-state index contributed by atoms with van der Waals surface area (Å²) >= 11 is 1.39. The van der Waals surface area contributed by atoms with Gasteiger partial charge in [-0.05, 0) is 19.8 Å². The third kappa shape index (κ3) is 3.43. The summed E-state index contributed by atoms with van der Waals surface area (Å²) in [6.45, 7) is 3.85. The van der Waals surface area contributed by atoms with Crippen molar-refractivity contribution in [2.45, 2.75) is 19.8 Å². The van der Waals surface area contributed by atoms with E-state index in [1.54, 1.807) is 0 Å². The lowest BCUT2D eigenvalue weighted by molar-refractivity contribution is 0.102. The Labute approximate surface area is 155 Å². The van der Waals surface area contributed by atoms with E-state index in [0.29, 0.717) is 10.7 Å². The maximum Gasteiger partial charge on any atom is 0.268 e. The van der Waals surface area contributed by atoms with E-state index in [-0.39, 0.29) is 5.91 Å². The molecule has 4 rings (SSSR count). The Hall–Kier alpha value is -2.80.